The summed E-state index contributed by atoms with van der Waals surface area (Å²) in [5.41, 5.74) is 1.06. The van der Waals surface area contributed by atoms with Crippen molar-refractivity contribution < 1.29 is 14.3 Å². The molecule has 0 aliphatic heterocycles. The predicted molar refractivity (Wildman–Crippen MR) is 77.4 cm³/mol. The monoisotopic (exact) mass is 329 g/mol. The number of benzene rings is 1. The highest BCUT2D eigenvalue weighted by Gasteiger charge is 2.21. The van der Waals surface area contributed by atoms with E-state index in [1.807, 2.05) is 12.1 Å². The lowest BCUT2D eigenvalue weighted by Gasteiger charge is -2.19. The fourth-order valence-electron chi connectivity index (χ4n) is 2.44. The van der Waals surface area contributed by atoms with Crippen LogP contribution in [0.3, 0.4) is 0 Å². The third-order valence-corrected chi connectivity index (χ3v) is 3.85. The maximum Gasteiger partial charge on any atom is 0.164 e. The first kappa shape index (κ1) is 14.6. The molecule has 5 heteroatoms. The quantitative estimate of drug-likeness (QED) is 0.814. The molecule has 2 rings (SSSR count). The van der Waals surface area contributed by atoms with E-state index in [9.17, 15) is 0 Å². The normalized spacial score (nSPS) is 15.7. The van der Waals surface area contributed by atoms with Crippen molar-refractivity contribution in [1.29, 1.82) is 0 Å². The third kappa shape index (κ3) is 3.84. The van der Waals surface area contributed by atoms with Crippen LogP contribution >= 0.6 is 15.9 Å². The molecule has 4 nitrogen and oxygen atoms in total. The molecule has 0 radical (unpaired) electrons. The summed E-state index contributed by atoms with van der Waals surface area (Å²) < 4.78 is 12.5. The molecule has 0 aromatic heterocycles. The van der Waals surface area contributed by atoms with Gasteiger partial charge in [-0.15, -0.1) is 0 Å². The van der Waals surface area contributed by atoms with Crippen LogP contribution in [-0.2, 0) is 11.3 Å². The second-order valence-electron chi connectivity index (χ2n) is 4.74. The Labute approximate surface area is 122 Å². The van der Waals surface area contributed by atoms with Gasteiger partial charge in [-0.2, -0.15) is 0 Å². The number of halogens is 1. The first-order valence-corrected chi connectivity index (χ1v) is 7.38. The van der Waals surface area contributed by atoms with E-state index in [4.69, 9.17) is 15.4 Å². The van der Waals surface area contributed by atoms with Gasteiger partial charge in [-0.25, -0.2) is 5.90 Å². The second-order valence-corrected chi connectivity index (χ2v) is 5.66. The Morgan fingerprint density at radius 1 is 1.32 bits per heavy atom. The van der Waals surface area contributed by atoms with Crippen LogP contribution in [0.4, 0.5) is 0 Å². The number of hydrogen-bond acceptors (Lipinski definition) is 4. The molecular weight excluding hydrogens is 310 g/mol. The molecule has 0 unspecified atom stereocenters. The van der Waals surface area contributed by atoms with Gasteiger partial charge in [0.2, 0.25) is 0 Å². The number of rotatable bonds is 6. The van der Waals surface area contributed by atoms with Crippen molar-refractivity contribution in [3.63, 3.8) is 0 Å². The van der Waals surface area contributed by atoms with Crippen molar-refractivity contribution >= 4 is 15.9 Å². The zero-order chi connectivity index (χ0) is 13.7. The molecule has 19 heavy (non-hydrogen) atoms. The fourth-order valence-corrected chi connectivity index (χ4v) is 2.92. The molecule has 2 N–H and O–H groups in total. The summed E-state index contributed by atoms with van der Waals surface area (Å²) in [4.78, 5) is 4.67. The van der Waals surface area contributed by atoms with Crippen molar-refractivity contribution in [3.8, 4) is 11.5 Å². The van der Waals surface area contributed by atoms with E-state index >= 15 is 0 Å². The van der Waals surface area contributed by atoms with Crippen molar-refractivity contribution in [3.05, 3.63) is 22.2 Å². The van der Waals surface area contributed by atoms with Gasteiger partial charge in [0.25, 0.3) is 0 Å². The largest absolute Gasteiger partial charge is 0.493 e. The number of nitrogens with two attached hydrogens (primary N) is 1. The molecule has 0 saturated heterocycles. The average molecular weight is 330 g/mol. The smallest absolute Gasteiger partial charge is 0.164 e. The van der Waals surface area contributed by atoms with E-state index < -0.39 is 0 Å². The van der Waals surface area contributed by atoms with Crippen LogP contribution in [0.15, 0.2) is 16.6 Å². The van der Waals surface area contributed by atoms with Crippen LogP contribution in [0, 0.1) is 0 Å². The average Bonchev–Trinajstić information content (AvgIpc) is 2.91. The molecular formula is C14H20BrNO3. The summed E-state index contributed by atoms with van der Waals surface area (Å²) in [6.45, 7) is 0.459. The maximum absolute atomic E-state index is 6.14. The molecule has 0 atom stereocenters. The molecule has 1 aliphatic rings. The minimum atomic E-state index is 0.299. The standard InChI is InChI=1S/C14H20BrNO3/c1-17-13-9-11(15)8-10(6-7-18-16)14(13)19-12-4-2-3-5-12/h8-9,12H,2-7,16H2,1H3. The van der Waals surface area contributed by atoms with Gasteiger partial charge in [-0.1, -0.05) is 15.9 Å². The number of hydrogen-bond donors (Lipinski definition) is 1. The molecule has 1 aromatic rings. The molecule has 1 aromatic carbocycles. The van der Waals surface area contributed by atoms with Gasteiger partial charge < -0.3 is 14.3 Å². The lowest BCUT2D eigenvalue weighted by atomic mass is 10.1. The van der Waals surface area contributed by atoms with Crippen molar-refractivity contribution in [1.82, 2.24) is 0 Å². The van der Waals surface area contributed by atoms with E-state index in [2.05, 4.69) is 20.8 Å². The molecule has 106 valence electrons. The number of ether oxygens (including phenoxy) is 2. The molecule has 1 fully saturated rings. The van der Waals surface area contributed by atoms with Crippen LogP contribution in [-0.4, -0.2) is 19.8 Å². The van der Waals surface area contributed by atoms with Gasteiger partial charge in [0.1, 0.15) is 0 Å². The summed E-state index contributed by atoms with van der Waals surface area (Å²) in [5.74, 6) is 6.70. The van der Waals surface area contributed by atoms with Gasteiger partial charge in [0.05, 0.1) is 19.8 Å². The Balaban J connectivity index is 2.24. The SMILES string of the molecule is COc1cc(Br)cc(CCON)c1OC1CCCC1. The Morgan fingerprint density at radius 3 is 2.68 bits per heavy atom. The number of methoxy groups -OCH3 is 1. The molecule has 0 spiro atoms. The Hall–Kier alpha value is -0.780. The highest BCUT2D eigenvalue weighted by atomic mass is 79.9. The Morgan fingerprint density at radius 2 is 2.05 bits per heavy atom. The van der Waals surface area contributed by atoms with Crippen LogP contribution in [0.2, 0.25) is 0 Å². The van der Waals surface area contributed by atoms with Crippen LogP contribution in [0.1, 0.15) is 31.2 Å². The lowest BCUT2D eigenvalue weighted by molar-refractivity contribution is 0.139. The fraction of sp³-hybridized carbons (Fsp3) is 0.571. The van der Waals surface area contributed by atoms with Crippen LogP contribution in [0.25, 0.3) is 0 Å². The van der Waals surface area contributed by atoms with E-state index in [0.29, 0.717) is 19.1 Å². The second kappa shape index (κ2) is 7.12. The maximum atomic E-state index is 6.14. The summed E-state index contributed by atoms with van der Waals surface area (Å²) in [6, 6.07) is 3.96. The van der Waals surface area contributed by atoms with Gasteiger partial charge in [0.15, 0.2) is 11.5 Å². The van der Waals surface area contributed by atoms with Crippen LogP contribution < -0.4 is 15.4 Å². The molecule has 0 bridgehead atoms. The molecule has 1 aliphatic carbocycles. The van der Waals surface area contributed by atoms with Gasteiger partial charge in [-0.3, -0.25) is 0 Å². The molecule has 0 heterocycles. The zero-order valence-electron chi connectivity index (χ0n) is 11.2. The topological polar surface area (TPSA) is 53.7 Å². The summed E-state index contributed by atoms with van der Waals surface area (Å²) in [6.07, 6.45) is 5.72. The van der Waals surface area contributed by atoms with E-state index in [1.54, 1.807) is 7.11 Å². The van der Waals surface area contributed by atoms with E-state index in [1.165, 1.54) is 12.8 Å². The highest BCUT2D eigenvalue weighted by Crippen LogP contribution is 2.37. The van der Waals surface area contributed by atoms with Crippen LogP contribution in [0.5, 0.6) is 11.5 Å². The molecule has 0 amide bonds. The predicted octanol–water partition coefficient (Wildman–Crippen LogP) is 3.21. The Bertz CT molecular complexity index is 419. The first-order chi connectivity index (χ1) is 9.24. The Kier molecular flexibility index (Phi) is 5.48. The summed E-state index contributed by atoms with van der Waals surface area (Å²) in [5, 5.41) is 0. The van der Waals surface area contributed by atoms with E-state index in [0.717, 1.165) is 34.4 Å². The van der Waals surface area contributed by atoms with Gasteiger partial charge >= 0.3 is 0 Å². The minimum Gasteiger partial charge on any atom is -0.493 e. The summed E-state index contributed by atoms with van der Waals surface area (Å²) >= 11 is 3.48. The minimum absolute atomic E-state index is 0.299. The van der Waals surface area contributed by atoms with E-state index in [-0.39, 0.29) is 0 Å². The third-order valence-electron chi connectivity index (χ3n) is 3.39. The van der Waals surface area contributed by atoms with Crippen molar-refractivity contribution in [2.45, 2.75) is 38.2 Å². The zero-order valence-corrected chi connectivity index (χ0v) is 12.7. The van der Waals surface area contributed by atoms with Crippen molar-refractivity contribution in [2.24, 2.45) is 5.90 Å². The highest BCUT2D eigenvalue weighted by molar-refractivity contribution is 9.10. The summed E-state index contributed by atoms with van der Waals surface area (Å²) in [7, 11) is 1.66. The molecule has 1 saturated carbocycles. The lowest BCUT2D eigenvalue weighted by Crippen LogP contribution is -2.14. The van der Waals surface area contributed by atoms with Gasteiger partial charge in [-0.05, 0) is 37.8 Å². The van der Waals surface area contributed by atoms with Crippen molar-refractivity contribution in [2.75, 3.05) is 13.7 Å². The first-order valence-electron chi connectivity index (χ1n) is 6.59. The van der Waals surface area contributed by atoms with Gasteiger partial charge in [0, 0.05) is 16.5 Å².